The van der Waals surface area contributed by atoms with Crippen molar-refractivity contribution in [1.82, 2.24) is 0 Å². The molecule has 0 aliphatic rings. The molecule has 15 heavy (non-hydrogen) atoms. The molecule has 1 unspecified atom stereocenters. The average molecular weight is 274 g/mol. The third-order valence-corrected chi connectivity index (χ3v) is 2.78. The van der Waals surface area contributed by atoms with Crippen LogP contribution in [0, 0.1) is 0 Å². The zero-order valence-electron chi connectivity index (χ0n) is 8.94. The van der Waals surface area contributed by atoms with Gasteiger partial charge in [-0.05, 0) is 40.5 Å². The zero-order chi connectivity index (χ0) is 11.4. The molecule has 3 nitrogen and oxygen atoms in total. The maximum absolute atomic E-state index is 9.28. The Kier molecular flexibility index (Phi) is 4.57. The average Bonchev–Trinajstić information content (AvgIpc) is 2.16. The third kappa shape index (κ3) is 3.48. The van der Waals surface area contributed by atoms with Crippen LogP contribution in [0.15, 0.2) is 22.7 Å². The first kappa shape index (κ1) is 12.5. The summed E-state index contributed by atoms with van der Waals surface area (Å²) in [5.74, 6) is 0. The SMILES string of the molecule is CC(O)CN(C)c1ccc(CO)cc1Br. The van der Waals surface area contributed by atoms with Crippen molar-refractivity contribution >= 4 is 21.6 Å². The summed E-state index contributed by atoms with van der Waals surface area (Å²) in [6.07, 6.45) is -0.362. The predicted molar refractivity (Wildman–Crippen MR) is 65.0 cm³/mol. The molecule has 0 saturated carbocycles. The van der Waals surface area contributed by atoms with E-state index in [0.29, 0.717) is 6.54 Å². The summed E-state index contributed by atoms with van der Waals surface area (Å²) in [5.41, 5.74) is 1.88. The van der Waals surface area contributed by atoms with Crippen LogP contribution in [0.3, 0.4) is 0 Å². The Hall–Kier alpha value is -0.580. The minimum atomic E-state index is -0.362. The Morgan fingerprint density at radius 3 is 2.60 bits per heavy atom. The van der Waals surface area contributed by atoms with Crippen LogP contribution >= 0.6 is 15.9 Å². The highest BCUT2D eigenvalue weighted by molar-refractivity contribution is 9.10. The van der Waals surface area contributed by atoms with Gasteiger partial charge in [0, 0.05) is 18.1 Å². The predicted octanol–water partition coefficient (Wildman–Crippen LogP) is 1.76. The maximum atomic E-state index is 9.28. The van der Waals surface area contributed by atoms with Crippen molar-refractivity contribution in [2.24, 2.45) is 0 Å². The molecule has 0 radical (unpaired) electrons. The van der Waals surface area contributed by atoms with Gasteiger partial charge in [0.25, 0.3) is 0 Å². The fourth-order valence-corrected chi connectivity index (χ4v) is 2.18. The topological polar surface area (TPSA) is 43.7 Å². The van der Waals surface area contributed by atoms with Gasteiger partial charge in [0.1, 0.15) is 0 Å². The van der Waals surface area contributed by atoms with Crippen LogP contribution in [0.1, 0.15) is 12.5 Å². The van der Waals surface area contributed by atoms with E-state index in [9.17, 15) is 5.11 Å². The number of rotatable bonds is 4. The van der Waals surface area contributed by atoms with Gasteiger partial charge in [-0.3, -0.25) is 0 Å². The van der Waals surface area contributed by atoms with Crippen LogP contribution in [-0.4, -0.2) is 29.9 Å². The van der Waals surface area contributed by atoms with Gasteiger partial charge >= 0.3 is 0 Å². The second-order valence-corrected chi connectivity index (χ2v) is 4.53. The minimum Gasteiger partial charge on any atom is -0.392 e. The highest BCUT2D eigenvalue weighted by Crippen LogP contribution is 2.26. The van der Waals surface area contributed by atoms with Gasteiger partial charge in [-0.15, -0.1) is 0 Å². The fraction of sp³-hybridized carbons (Fsp3) is 0.455. The molecule has 0 bridgehead atoms. The van der Waals surface area contributed by atoms with E-state index in [2.05, 4.69) is 15.9 Å². The largest absolute Gasteiger partial charge is 0.392 e. The molecule has 0 aromatic heterocycles. The van der Waals surface area contributed by atoms with E-state index in [-0.39, 0.29) is 12.7 Å². The lowest BCUT2D eigenvalue weighted by Gasteiger charge is -2.22. The number of anilines is 1. The summed E-state index contributed by atoms with van der Waals surface area (Å²) < 4.78 is 0.928. The first-order chi connectivity index (χ1) is 7.04. The number of aliphatic hydroxyl groups is 2. The van der Waals surface area contributed by atoms with Crippen molar-refractivity contribution in [2.45, 2.75) is 19.6 Å². The smallest absolute Gasteiger partial charge is 0.0686 e. The van der Waals surface area contributed by atoms with Crippen molar-refractivity contribution in [2.75, 3.05) is 18.5 Å². The molecule has 0 spiro atoms. The van der Waals surface area contributed by atoms with Gasteiger partial charge in [0.15, 0.2) is 0 Å². The van der Waals surface area contributed by atoms with E-state index in [4.69, 9.17) is 5.11 Å². The molecule has 0 fully saturated rings. The molecule has 2 N–H and O–H groups in total. The van der Waals surface area contributed by atoms with Gasteiger partial charge in [0.05, 0.1) is 18.4 Å². The highest BCUT2D eigenvalue weighted by atomic mass is 79.9. The molecule has 1 atom stereocenters. The van der Waals surface area contributed by atoms with Crippen molar-refractivity contribution in [3.05, 3.63) is 28.2 Å². The molecule has 4 heteroatoms. The normalized spacial score (nSPS) is 12.6. The molecule has 1 aromatic carbocycles. The highest BCUT2D eigenvalue weighted by Gasteiger charge is 2.08. The second kappa shape index (κ2) is 5.49. The number of hydrogen-bond donors (Lipinski definition) is 2. The first-order valence-corrected chi connectivity index (χ1v) is 5.62. The van der Waals surface area contributed by atoms with E-state index in [1.807, 2.05) is 30.1 Å². The Morgan fingerprint density at radius 1 is 1.47 bits per heavy atom. The van der Waals surface area contributed by atoms with Crippen LogP contribution in [0.5, 0.6) is 0 Å². The molecule has 0 aliphatic heterocycles. The van der Waals surface area contributed by atoms with E-state index in [1.165, 1.54) is 0 Å². The minimum absolute atomic E-state index is 0.0407. The van der Waals surface area contributed by atoms with E-state index >= 15 is 0 Å². The number of nitrogens with zero attached hydrogens (tertiary/aromatic N) is 1. The van der Waals surface area contributed by atoms with Crippen LogP contribution in [0.4, 0.5) is 5.69 Å². The summed E-state index contributed by atoms with van der Waals surface area (Å²) in [5, 5.41) is 18.2. The fourth-order valence-electron chi connectivity index (χ4n) is 1.45. The van der Waals surface area contributed by atoms with Gasteiger partial charge in [-0.2, -0.15) is 0 Å². The van der Waals surface area contributed by atoms with Crippen molar-refractivity contribution in [3.63, 3.8) is 0 Å². The monoisotopic (exact) mass is 273 g/mol. The van der Waals surface area contributed by atoms with E-state index in [0.717, 1.165) is 15.7 Å². The number of likely N-dealkylation sites (N-methyl/N-ethyl adjacent to an activating group) is 1. The van der Waals surface area contributed by atoms with E-state index < -0.39 is 0 Å². The maximum Gasteiger partial charge on any atom is 0.0686 e. The summed E-state index contributed by atoms with van der Waals surface area (Å²) >= 11 is 3.44. The Balaban J connectivity index is 2.85. The summed E-state index contributed by atoms with van der Waals surface area (Å²) in [6, 6.07) is 5.69. The number of benzene rings is 1. The quantitative estimate of drug-likeness (QED) is 0.879. The molecule has 0 heterocycles. The number of aliphatic hydroxyl groups excluding tert-OH is 2. The van der Waals surface area contributed by atoms with Crippen LogP contribution in [-0.2, 0) is 6.61 Å². The molecule has 1 rings (SSSR count). The Morgan fingerprint density at radius 2 is 2.13 bits per heavy atom. The van der Waals surface area contributed by atoms with Crippen molar-refractivity contribution < 1.29 is 10.2 Å². The van der Waals surface area contributed by atoms with E-state index in [1.54, 1.807) is 6.92 Å². The molecular weight excluding hydrogens is 258 g/mol. The van der Waals surface area contributed by atoms with Crippen molar-refractivity contribution in [1.29, 1.82) is 0 Å². The zero-order valence-corrected chi connectivity index (χ0v) is 10.5. The lowest BCUT2D eigenvalue weighted by molar-refractivity contribution is 0.201. The summed E-state index contributed by atoms with van der Waals surface area (Å²) in [7, 11) is 1.92. The standard InChI is InChI=1S/C11H16BrNO2/c1-8(15)6-13(2)11-4-3-9(7-14)5-10(11)12/h3-5,8,14-15H,6-7H2,1-2H3. The molecule has 0 amide bonds. The third-order valence-electron chi connectivity index (χ3n) is 2.14. The number of halogens is 1. The summed E-state index contributed by atoms with van der Waals surface area (Å²) in [6.45, 7) is 2.38. The molecular formula is C11H16BrNO2. The summed E-state index contributed by atoms with van der Waals surface area (Å²) in [4.78, 5) is 1.97. The lowest BCUT2D eigenvalue weighted by atomic mass is 10.2. The van der Waals surface area contributed by atoms with Gasteiger partial charge in [-0.1, -0.05) is 6.07 Å². The van der Waals surface area contributed by atoms with Crippen LogP contribution < -0.4 is 4.90 Å². The lowest BCUT2D eigenvalue weighted by Crippen LogP contribution is -2.27. The number of hydrogen-bond acceptors (Lipinski definition) is 3. The van der Waals surface area contributed by atoms with Gasteiger partial charge in [0.2, 0.25) is 0 Å². The van der Waals surface area contributed by atoms with Crippen molar-refractivity contribution in [3.8, 4) is 0 Å². The van der Waals surface area contributed by atoms with Gasteiger partial charge in [-0.25, -0.2) is 0 Å². The first-order valence-electron chi connectivity index (χ1n) is 4.83. The Labute approximate surface area is 98.5 Å². The Bertz CT molecular complexity index is 328. The van der Waals surface area contributed by atoms with Crippen LogP contribution in [0.2, 0.25) is 0 Å². The molecule has 1 aromatic rings. The van der Waals surface area contributed by atoms with Crippen LogP contribution in [0.25, 0.3) is 0 Å². The molecule has 0 saturated heterocycles. The molecule has 0 aliphatic carbocycles. The molecule has 84 valence electrons. The second-order valence-electron chi connectivity index (χ2n) is 3.67. The van der Waals surface area contributed by atoms with Gasteiger partial charge < -0.3 is 15.1 Å².